The number of carbonyl (C=O) groups is 2. The fraction of sp³-hybridized carbons (Fsp3) is 0.429. The highest BCUT2D eigenvalue weighted by Gasteiger charge is 2.33. The van der Waals surface area contributed by atoms with E-state index < -0.39 is 0 Å². The van der Waals surface area contributed by atoms with E-state index in [2.05, 4.69) is 0 Å². The van der Waals surface area contributed by atoms with Gasteiger partial charge < -0.3 is 14.4 Å². The number of benzene rings is 1. The van der Waals surface area contributed by atoms with E-state index >= 15 is 0 Å². The summed E-state index contributed by atoms with van der Waals surface area (Å²) < 4.78 is 5.74. The van der Waals surface area contributed by atoms with Crippen molar-refractivity contribution in [3.63, 3.8) is 0 Å². The summed E-state index contributed by atoms with van der Waals surface area (Å²) in [6.45, 7) is 2.27. The van der Waals surface area contributed by atoms with Gasteiger partial charge in [0.25, 0.3) is 0 Å². The largest absolute Gasteiger partial charge is 0.372 e. The van der Waals surface area contributed by atoms with Crippen molar-refractivity contribution in [1.29, 1.82) is 0 Å². The molecule has 2 rings (SSSR count). The van der Waals surface area contributed by atoms with Gasteiger partial charge in [0, 0.05) is 19.9 Å². The van der Waals surface area contributed by atoms with Crippen molar-refractivity contribution in [3.05, 3.63) is 33.8 Å². The Morgan fingerprint density at radius 1 is 1.45 bits per heavy atom. The maximum atomic E-state index is 11.4. The molecule has 6 heteroatoms. The van der Waals surface area contributed by atoms with Crippen molar-refractivity contribution >= 4 is 35.4 Å². The second kappa shape index (κ2) is 6.57. The molecule has 0 radical (unpaired) electrons. The van der Waals surface area contributed by atoms with Crippen LogP contribution in [0, 0.1) is 0 Å². The minimum Gasteiger partial charge on any atom is -0.372 e. The van der Waals surface area contributed by atoms with Gasteiger partial charge in [0.05, 0.1) is 28.8 Å². The minimum atomic E-state index is -0.383. The van der Waals surface area contributed by atoms with Crippen LogP contribution in [0.15, 0.2) is 18.2 Å². The van der Waals surface area contributed by atoms with Gasteiger partial charge in [-0.05, 0) is 17.7 Å². The van der Waals surface area contributed by atoms with E-state index in [9.17, 15) is 9.59 Å². The van der Waals surface area contributed by atoms with Crippen LogP contribution in [-0.4, -0.2) is 35.8 Å². The first-order valence-electron chi connectivity index (χ1n) is 6.29. The number of hydrogen-bond donors (Lipinski definition) is 0. The normalized spacial score (nSPS) is 22.1. The van der Waals surface area contributed by atoms with Crippen LogP contribution in [0.2, 0.25) is 10.0 Å². The van der Waals surface area contributed by atoms with Gasteiger partial charge in [-0.2, -0.15) is 0 Å². The Labute approximate surface area is 127 Å². The number of likely N-dealkylation sites (tertiary alicyclic amines) is 1. The highest BCUT2D eigenvalue weighted by atomic mass is 35.5. The fourth-order valence-electron chi connectivity index (χ4n) is 2.28. The molecule has 20 heavy (non-hydrogen) atoms. The molecule has 0 unspecified atom stereocenters. The van der Waals surface area contributed by atoms with E-state index in [0.29, 0.717) is 29.6 Å². The summed E-state index contributed by atoms with van der Waals surface area (Å²) in [7, 11) is 0. The van der Waals surface area contributed by atoms with E-state index in [0.717, 1.165) is 11.8 Å². The zero-order valence-corrected chi connectivity index (χ0v) is 12.5. The molecule has 1 saturated heterocycles. The Morgan fingerprint density at radius 3 is 2.75 bits per heavy atom. The molecule has 0 N–H and O–H groups in total. The monoisotopic (exact) mass is 315 g/mol. The van der Waals surface area contributed by atoms with E-state index in [4.69, 9.17) is 27.9 Å². The summed E-state index contributed by atoms with van der Waals surface area (Å²) in [5, 5.41) is 0.982. The van der Waals surface area contributed by atoms with Crippen molar-refractivity contribution in [2.75, 3.05) is 6.54 Å². The van der Waals surface area contributed by atoms with Crippen molar-refractivity contribution in [2.45, 2.75) is 32.1 Å². The van der Waals surface area contributed by atoms with Gasteiger partial charge in [0.1, 0.15) is 6.29 Å². The summed E-state index contributed by atoms with van der Waals surface area (Å²) in [6.07, 6.45) is 1.19. The van der Waals surface area contributed by atoms with Gasteiger partial charge in [-0.15, -0.1) is 0 Å². The minimum absolute atomic E-state index is 0.109. The van der Waals surface area contributed by atoms with E-state index in [1.165, 1.54) is 11.8 Å². The summed E-state index contributed by atoms with van der Waals surface area (Å²) in [6, 6.07) is 4.92. The maximum Gasteiger partial charge on any atom is 0.220 e. The number of aldehydes is 1. The molecule has 1 fully saturated rings. The quantitative estimate of drug-likeness (QED) is 0.803. The maximum absolute atomic E-state index is 11.4. The lowest BCUT2D eigenvalue weighted by molar-refractivity contribution is -0.132. The number of rotatable bonds is 4. The first-order chi connectivity index (χ1) is 9.51. The first-order valence-corrected chi connectivity index (χ1v) is 7.05. The lowest BCUT2D eigenvalue weighted by Gasteiger charge is -2.17. The highest BCUT2D eigenvalue weighted by molar-refractivity contribution is 6.42. The predicted octanol–water partition coefficient (Wildman–Crippen LogP) is 2.70. The van der Waals surface area contributed by atoms with Crippen LogP contribution >= 0.6 is 23.2 Å². The van der Waals surface area contributed by atoms with Crippen LogP contribution in [0.3, 0.4) is 0 Å². The standard InChI is InChI=1S/C14H15Cl2NO3/c1-9(19)17-6-12(5-11(17)7-18)20-8-10-2-3-13(15)14(16)4-10/h2-4,7,11-12H,5-6,8H2,1H3/t11-,12+/m0/s1. The highest BCUT2D eigenvalue weighted by Crippen LogP contribution is 2.24. The number of nitrogens with zero attached hydrogens (tertiary/aromatic N) is 1. The summed E-state index contributed by atoms with van der Waals surface area (Å²) in [4.78, 5) is 23.9. The van der Waals surface area contributed by atoms with Crippen LogP contribution < -0.4 is 0 Å². The Morgan fingerprint density at radius 2 is 2.20 bits per heavy atom. The molecule has 0 saturated carbocycles. The molecule has 1 aliphatic rings. The summed E-state index contributed by atoms with van der Waals surface area (Å²) >= 11 is 11.8. The van der Waals surface area contributed by atoms with Crippen LogP contribution in [0.1, 0.15) is 18.9 Å². The molecule has 108 valence electrons. The zero-order chi connectivity index (χ0) is 14.7. The lowest BCUT2D eigenvalue weighted by atomic mass is 10.2. The first kappa shape index (κ1) is 15.3. The van der Waals surface area contributed by atoms with Gasteiger partial charge in [-0.25, -0.2) is 0 Å². The van der Waals surface area contributed by atoms with Crippen molar-refractivity contribution in [1.82, 2.24) is 4.90 Å². The third kappa shape index (κ3) is 3.51. The van der Waals surface area contributed by atoms with Crippen molar-refractivity contribution in [3.8, 4) is 0 Å². The molecule has 1 amide bonds. The molecule has 4 nitrogen and oxygen atoms in total. The Hall–Kier alpha value is -1.10. The van der Waals surface area contributed by atoms with Gasteiger partial charge in [0.2, 0.25) is 5.91 Å². The van der Waals surface area contributed by atoms with E-state index in [1.54, 1.807) is 12.1 Å². The van der Waals surface area contributed by atoms with Crippen LogP contribution in [0.5, 0.6) is 0 Å². The molecule has 1 heterocycles. The van der Waals surface area contributed by atoms with Gasteiger partial charge in [-0.3, -0.25) is 4.79 Å². The van der Waals surface area contributed by atoms with Gasteiger partial charge in [0.15, 0.2) is 0 Å². The number of amides is 1. The average Bonchev–Trinajstić information content (AvgIpc) is 2.84. The number of ether oxygens (including phenoxy) is 1. The second-order valence-corrected chi connectivity index (χ2v) is 5.61. The molecule has 1 aromatic carbocycles. The molecular formula is C14H15Cl2NO3. The van der Waals surface area contributed by atoms with Crippen LogP contribution in [0.25, 0.3) is 0 Å². The third-order valence-corrected chi connectivity index (χ3v) is 4.08. The van der Waals surface area contributed by atoms with Crippen molar-refractivity contribution < 1.29 is 14.3 Å². The van der Waals surface area contributed by atoms with Crippen LogP contribution in [0.4, 0.5) is 0 Å². The molecule has 0 aliphatic carbocycles. The summed E-state index contributed by atoms with van der Waals surface area (Å²) in [5.74, 6) is -0.109. The number of hydrogen-bond acceptors (Lipinski definition) is 3. The molecular weight excluding hydrogens is 301 g/mol. The summed E-state index contributed by atoms with van der Waals surface area (Å²) in [5.41, 5.74) is 0.906. The third-order valence-electron chi connectivity index (χ3n) is 3.34. The Bertz CT molecular complexity index is 521. The average molecular weight is 316 g/mol. The zero-order valence-electron chi connectivity index (χ0n) is 11.0. The van der Waals surface area contributed by atoms with Gasteiger partial charge >= 0.3 is 0 Å². The SMILES string of the molecule is CC(=O)N1C[C@H](OCc2ccc(Cl)c(Cl)c2)C[C@H]1C=O. The Balaban J connectivity index is 1.93. The predicted molar refractivity (Wildman–Crippen MR) is 76.9 cm³/mol. The topological polar surface area (TPSA) is 46.6 Å². The number of carbonyl (C=O) groups excluding carboxylic acids is 2. The van der Waals surface area contributed by atoms with Gasteiger partial charge in [-0.1, -0.05) is 29.3 Å². The molecule has 1 aliphatic heterocycles. The lowest BCUT2D eigenvalue weighted by Crippen LogP contribution is -2.35. The Kier molecular flexibility index (Phi) is 5.02. The molecule has 1 aromatic rings. The fourth-order valence-corrected chi connectivity index (χ4v) is 2.60. The van der Waals surface area contributed by atoms with Crippen molar-refractivity contribution in [2.24, 2.45) is 0 Å². The molecule has 0 bridgehead atoms. The van der Waals surface area contributed by atoms with E-state index in [-0.39, 0.29) is 18.1 Å². The molecule has 0 spiro atoms. The van der Waals surface area contributed by atoms with E-state index in [1.807, 2.05) is 6.07 Å². The molecule has 0 aromatic heterocycles. The molecule has 2 atom stereocenters. The number of halogens is 2. The second-order valence-electron chi connectivity index (χ2n) is 4.79. The smallest absolute Gasteiger partial charge is 0.220 e. The van der Waals surface area contributed by atoms with Crippen LogP contribution in [-0.2, 0) is 20.9 Å².